The Morgan fingerprint density at radius 2 is 2.00 bits per heavy atom. The molecule has 0 aliphatic rings. The fourth-order valence-corrected chi connectivity index (χ4v) is 2.40. The van der Waals surface area contributed by atoms with E-state index in [1.165, 1.54) is 19.3 Å². The highest BCUT2D eigenvalue weighted by Gasteiger charge is 2.13. The van der Waals surface area contributed by atoms with Crippen LogP contribution in [-0.2, 0) is 6.42 Å². The highest BCUT2D eigenvalue weighted by Crippen LogP contribution is 2.16. The number of aryl methyl sites for hydroxylation is 1. The Morgan fingerprint density at radius 1 is 1.17 bits per heavy atom. The third-order valence-corrected chi connectivity index (χ3v) is 4.03. The van der Waals surface area contributed by atoms with Gasteiger partial charge < -0.3 is 10.2 Å². The van der Waals surface area contributed by atoms with Crippen LogP contribution in [0.25, 0.3) is 0 Å². The van der Waals surface area contributed by atoms with Crippen molar-refractivity contribution in [3.05, 3.63) is 77.3 Å². The average molecular weight is 415 g/mol. The first-order chi connectivity index (χ1) is 14.4. The van der Waals surface area contributed by atoms with Crippen molar-refractivity contribution in [2.45, 2.75) is 19.8 Å². The van der Waals surface area contributed by atoms with E-state index in [1.807, 2.05) is 0 Å². The summed E-state index contributed by atoms with van der Waals surface area (Å²) < 4.78 is 39.8. The number of nitrogens with zero attached hydrogens (tertiary/aromatic N) is 4. The van der Waals surface area contributed by atoms with Crippen molar-refractivity contribution < 1.29 is 22.8 Å². The highest BCUT2D eigenvalue weighted by atomic mass is 19.1. The minimum Gasteiger partial charge on any atom is -0.352 e. The predicted molar refractivity (Wildman–Crippen MR) is 103 cm³/mol. The van der Waals surface area contributed by atoms with Gasteiger partial charge in [0.05, 0.1) is 18.0 Å². The summed E-state index contributed by atoms with van der Waals surface area (Å²) in [6.45, 7) is 1.49. The molecule has 1 N–H and O–H groups in total. The molecule has 0 atom stereocenters. The van der Waals surface area contributed by atoms with Crippen LogP contribution in [0.3, 0.4) is 0 Å². The number of rotatable bonds is 7. The molecule has 0 bridgehead atoms. The van der Waals surface area contributed by atoms with Crippen molar-refractivity contribution in [2.24, 2.45) is 5.16 Å². The lowest BCUT2D eigenvalue weighted by molar-refractivity contribution is 0.102. The smallest absolute Gasteiger partial charge is 0.258 e. The molecule has 0 saturated carbocycles. The second-order valence-corrected chi connectivity index (χ2v) is 6.16. The SMILES string of the molecule is Cc1c(F)cncc1C(=O)Nc1ccc(CC/C=N/Oc2cc(F)cnc2F)cn1. The maximum Gasteiger partial charge on any atom is 0.258 e. The van der Waals surface area contributed by atoms with Gasteiger partial charge in [-0.25, -0.2) is 18.7 Å². The van der Waals surface area contributed by atoms with Crippen LogP contribution < -0.4 is 10.2 Å². The van der Waals surface area contributed by atoms with Gasteiger partial charge >= 0.3 is 0 Å². The quantitative estimate of drug-likeness (QED) is 0.360. The number of aromatic nitrogens is 3. The van der Waals surface area contributed by atoms with Crippen LogP contribution in [0.2, 0.25) is 0 Å². The molecule has 1 amide bonds. The normalized spacial score (nSPS) is 10.9. The first-order valence-electron chi connectivity index (χ1n) is 8.80. The van der Waals surface area contributed by atoms with Crippen LogP contribution in [0.5, 0.6) is 5.75 Å². The minimum atomic E-state index is -0.959. The maximum atomic E-state index is 13.5. The molecule has 3 rings (SSSR count). The molecule has 10 heteroatoms. The molecule has 30 heavy (non-hydrogen) atoms. The molecule has 3 aromatic rings. The molecule has 0 spiro atoms. The van der Waals surface area contributed by atoms with E-state index in [0.29, 0.717) is 18.7 Å². The van der Waals surface area contributed by atoms with Crippen molar-refractivity contribution in [1.29, 1.82) is 0 Å². The predicted octanol–water partition coefficient (Wildman–Crippen LogP) is 3.85. The van der Waals surface area contributed by atoms with Crippen LogP contribution in [0.4, 0.5) is 19.0 Å². The Kier molecular flexibility index (Phi) is 6.68. The summed E-state index contributed by atoms with van der Waals surface area (Å²) in [6.07, 6.45) is 7.03. The topological polar surface area (TPSA) is 89.4 Å². The van der Waals surface area contributed by atoms with E-state index in [4.69, 9.17) is 4.84 Å². The molecule has 0 radical (unpaired) electrons. The number of hydrogen-bond acceptors (Lipinski definition) is 6. The summed E-state index contributed by atoms with van der Waals surface area (Å²) in [6, 6.07) is 4.21. The molecule has 0 aliphatic heterocycles. The second kappa shape index (κ2) is 9.59. The van der Waals surface area contributed by atoms with Crippen LogP contribution in [-0.4, -0.2) is 27.1 Å². The summed E-state index contributed by atoms with van der Waals surface area (Å²) in [7, 11) is 0. The zero-order valence-corrected chi connectivity index (χ0v) is 15.8. The minimum absolute atomic E-state index is 0.127. The third kappa shape index (κ3) is 5.37. The number of oxime groups is 1. The number of anilines is 1. The standard InChI is InChI=1S/C20H16F3N5O2/c1-12-15(10-24-11-16(12)22)20(29)28-18-5-4-13(8-25-18)3-2-6-27-30-17-7-14(21)9-26-19(17)23/h4-11H,2-3H2,1H3,(H,25,28,29)/b27-6+. The average Bonchev–Trinajstić information content (AvgIpc) is 2.73. The number of carbonyl (C=O) groups is 1. The summed E-state index contributed by atoms with van der Waals surface area (Å²) in [4.78, 5) is 28.0. The molecule has 3 aromatic heterocycles. The number of amides is 1. The van der Waals surface area contributed by atoms with E-state index < -0.39 is 29.2 Å². The van der Waals surface area contributed by atoms with Gasteiger partial charge in [-0.15, -0.1) is 0 Å². The molecule has 3 heterocycles. The number of halogens is 3. The van der Waals surface area contributed by atoms with Gasteiger partial charge in [0.2, 0.25) is 5.75 Å². The number of pyridine rings is 3. The van der Waals surface area contributed by atoms with Gasteiger partial charge in [-0.05, 0) is 31.4 Å². The summed E-state index contributed by atoms with van der Waals surface area (Å²) in [5.74, 6) is -2.87. The van der Waals surface area contributed by atoms with Crippen LogP contribution in [0.15, 0.2) is 48.1 Å². The van der Waals surface area contributed by atoms with Gasteiger partial charge in [-0.3, -0.25) is 9.78 Å². The van der Waals surface area contributed by atoms with Crippen LogP contribution in [0, 0.1) is 24.5 Å². The Morgan fingerprint density at radius 3 is 2.77 bits per heavy atom. The first kappa shape index (κ1) is 20.9. The molecule has 0 aliphatic carbocycles. The van der Waals surface area contributed by atoms with Gasteiger partial charge in [0.15, 0.2) is 0 Å². The molecular formula is C20H16F3N5O2. The lowest BCUT2D eigenvalue weighted by Crippen LogP contribution is -2.15. The molecule has 7 nitrogen and oxygen atoms in total. The van der Waals surface area contributed by atoms with Gasteiger partial charge in [-0.1, -0.05) is 11.2 Å². The summed E-state index contributed by atoms with van der Waals surface area (Å²) in [5.41, 5.74) is 1.18. The van der Waals surface area contributed by atoms with Crippen LogP contribution in [0.1, 0.15) is 27.9 Å². The Hall–Kier alpha value is -3.82. The summed E-state index contributed by atoms with van der Waals surface area (Å²) in [5, 5.41) is 6.16. The maximum absolute atomic E-state index is 13.5. The van der Waals surface area contributed by atoms with E-state index in [0.717, 1.165) is 24.0 Å². The van der Waals surface area contributed by atoms with Crippen molar-refractivity contribution in [1.82, 2.24) is 15.0 Å². The van der Waals surface area contributed by atoms with Gasteiger partial charge in [0, 0.05) is 30.2 Å². The summed E-state index contributed by atoms with van der Waals surface area (Å²) >= 11 is 0. The van der Waals surface area contributed by atoms with Crippen molar-refractivity contribution in [3.63, 3.8) is 0 Å². The molecule has 0 saturated heterocycles. The number of hydrogen-bond donors (Lipinski definition) is 1. The van der Waals surface area contributed by atoms with E-state index in [2.05, 4.69) is 25.4 Å². The molecule has 0 unspecified atom stereocenters. The van der Waals surface area contributed by atoms with Crippen molar-refractivity contribution in [3.8, 4) is 5.75 Å². The van der Waals surface area contributed by atoms with Crippen molar-refractivity contribution >= 4 is 17.9 Å². The fourth-order valence-electron chi connectivity index (χ4n) is 2.40. The molecule has 0 aromatic carbocycles. The monoisotopic (exact) mass is 415 g/mol. The lowest BCUT2D eigenvalue weighted by atomic mass is 10.1. The second-order valence-electron chi connectivity index (χ2n) is 6.16. The van der Waals surface area contributed by atoms with E-state index >= 15 is 0 Å². The Balaban J connectivity index is 1.50. The first-order valence-corrected chi connectivity index (χ1v) is 8.80. The number of nitrogens with one attached hydrogen (secondary N) is 1. The third-order valence-electron chi connectivity index (χ3n) is 4.03. The number of carbonyl (C=O) groups excluding carboxylic acids is 1. The highest BCUT2D eigenvalue weighted by molar-refractivity contribution is 6.04. The molecule has 0 fully saturated rings. The zero-order valence-electron chi connectivity index (χ0n) is 15.8. The van der Waals surface area contributed by atoms with Crippen LogP contribution >= 0.6 is 0 Å². The molecule has 154 valence electrons. The fraction of sp³-hybridized carbons (Fsp3) is 0.150. The van der Waals surface area contributed by atoms with Gasteiger partial charge in [0.1, 0.15) is 17.5 Å². The Bertz CT molecular complexity index is 1070. The lowest BCUT2D eigenvalue weighted by Gasteiger charge is -2.07. The van der Waals surface area contributed by atoms with Gasteiger partial charge in [0.25, 0.3) is 11.9 Å². The Labute approximate surface area is 169 Å². The van der Waals surface area contributed by atoms with Crippen molar-refractivity contribution in [2.75, 3.05) is 5.32 Å². The zero-order chi connectivity index (χ0) is 21.5. The van der Waals surface area contributed by atoms with E-state index in [-0.39, 0.29) is 11.1 Å². The van der Waals surface area contributed by atoms with Gasteiger partial charge in [-0.2, -0.15) is 4.39 Å². The van der Waals surface area contributed by atoms with E-state index in [9.17, 15) is 18.0 Å². The largest absolute Gasteiger partial charge is 0.352 e. The van der Waals surface area contributed by atoms with E-state index in [1.54, 1.807) is 18.3 Å². The molecular weight excluding hydrogens is 399 g/mol.